The van der Waals surface area contributed by atoms with E-state index in [1.807, 2.05) is 11.4 Å². The fourth-order valence-corrected chi connectivity index (χ4v) is 3.01. The molecule has 3 rings (SSSR count). The molecule has 4 nitrogen and oxygen atoms in total. The average molecular weight is 355 g/mol. The van der Waals surface area contributed by atoms with Crippen LogP contribution in [0.1, 0.15) is 16.7 Å². The second kappa shape index (κ2) is 7.44. The summed E-state index contributed by atoms with van der Waals surface area (Å²) in [7, 11) is 0. The van der Waals surface area contributed by atoms with Crippen molar-refractivity contribution in [1.82, 2.24) is 10.3 Å². The highest BCUT2D eigenvalue weighted by molar-refractivity contribution is 7.14. The monoisotopic (exact) mass is 355 g/mol. The number of amides is 2. The summed E-state index contributed by atoms with van der Waals surface area (Å²) in [5.74, 6) is -0.296. The fourth-order valence-electron chi connectivity index (χ4n) is 2.29. The molecule has 0 aliphatic carbocycles. The van der Waals surface area contributed by atoms with Crippen LogP contribution in [0.15, 0.2) is 47.8 Å². The Kier molecular flexibility index (Phi) is 5.09. The van der Waals surface area contributed by atoms with Crippen molar-refractivity contribution in [3.8, 4) is 11.3 Å². The molecule has 0 spiro atoms. The summed E-state index contributed by atoms with van der Waals surface area (Å²) in [4.78, 5) is 16.4. The number of anilines is 1. The van der Waals surface area contributed by atoms with Crippen molar-refractivity contribution >= 4 is 22.5 Å². The Hall–Kier alpha value is -2.73. The van der Waals surface area contributed by atoms with Gasteiger partial charge in [0.15, 0.2) is 5.13 Å². The third-order valence-electron chi connectivity index (χ3n) is 3.89. The minimum Gasteiger partial charge on any atom is -0.334 e. The Balaban J connectivity index is 1.59. The van der Waals surface area contributed by atoms with Gasteiger partial charge in [-0.2, -0.15) is 0 Å². The first-order chi connectivity index (χ1) is 12.0. The predicted octanol–water partition coefficient (Wildman–Crippen LogP) is 4.89. The van der Waals surface area contributed by atoms with Crippen molar-refractivity contribution in [3.63, 3.8) is 0 Å². The molecule has 0 saturated heterocycles. The van der Waals surface area contributed by atoms with Gasteiger partial charge in [-0.3, -0.25) is 5.32 Å². The van der Waals surface area contributed by atoms with E-state index < -0.39 is 0 Å². The van der Waals surface area contributed by atoms with Crippen LogP contribution in [0.5, 0.6) is 0 Å². The molecule has 25 heavy (non-hydrogen) atoms. The van der Waals surface area contributed by atoms with E-state index in [-0.39, 0.29) is 11.8 Å². The van der Waals surface area contributed by atoms with E-state index in [9.17, 15) is 9.18 Å². The van der Waals surface area contributed by atoms with Gasteiger partial charge >= 0.3 is 6.03 Å². The van der Waals surface area contributed by atoms with Gasteiger partial charge in [-0.15, -0.1) is 11.3 Å². The van der Waals surface area contributed by atoms with Crippen LogP contribution in [0.3, 0.4) is 0 Å². The minimum absolute atomic E-state index is 0.296. The number of aryl methyl sites for hydroxylation is 2. The smallest absolute Gasteiger partial charge is 0.321 e. The van der Waals surface area contributed by atoms with Gasteiger partial charge in [0.1, 0.15) is 5.82 Å². The van der Waals surface area contributed by atoms with Crippen LogP contribution in [0.25, 0.3) is 11.3 Å². The van der Waals surface area contributed by atoms with Gasteiger partial charge in [-0.1, -0.05) is 24.3 Å². The molecule has 2 N–H and O–H groups in total. The molecule has 2 amide bonds. The third-order valence-corrected chi connectivity index (χ3v) is 4.65. The first-order valence-electron chi connectivity index (χ1n) is 7.84. The highest BCUT2D eigenvalue weighted by Crippen LogP contribution is 2.26. The number of thiazole rings is 1. The van der Waals surface area contributed by atoms with Crippen LogP contribution >= 0.6 is 11.3 Å². The number of halogens is 1. The van der Waals surface area contributed by atoms with Gasteiger partial charge in [0.05, 0.1) is 5.69 Å². The van der Waals surface area contributed by atoms with Crippen molar-refractivity contribution in [1.29, 1.82) is 0 Å². The Bertz CT molecular complexity index is 890. The number of nitrogens with zero attached hydrogens (tertiary/aromatic N) is 1. The van der Waals surface area contributed by atoms with Crippen molar-refractivity contribution < 1.29 is 9.18 Å². The summed E-state index contributed by atoms with van der Waals surface area (Å²) in [5, 5.41) is 7.90. The van der Waals surface area contributed by atoms with Crippen molar-refractivity contribution in [2.45, 2.75) is 20.4 Å². The lowest BCUT2D eigenvalue weighted by atomic mass is 10.1. The molecule has 3 aromatic rings. The van der Waals surface area contributed by atoms with Crippen LogP contribution in [-0.4, -0.2) is 11.0 Å². The number of hydrogen-bond donors (Lipinski definition) is 2. The summed E-state index contributed by atoms with van der Waals surface area (Å²) in [6, 6.07) is 11.8. The zero-order chi connectivity index (χ0) is 17.8. The summed E-state index contributed by atoms with van der Waals surface area (Å²) in [5.41, 5.74) is 5.13. The third kappa shape index (κ3) is 4.42. The Labute approximate surface area is 149 Å². The lowest BCUT2D eigenvalue weighted by Gasteiger charge is -2.05. The molecule has 0 atom stereocenters. The quantitative estimate of drug-likeness (QED) is 0.700. The Morgan fingerprint density at radius 3 is 2.60 bits per heavy atom. The highest BCUT2D eigenvalue weighted by atomic mass is 32.1. The van der Waals surface area contributed by atoms with Crippen molar-refractivity contribution in [3.05, 3.63) is 70.4 Å². The van der Waals surface area contributed by atoms with E-state index in [1.165, 1.54) is 34.6 Å². The van der Waals surface area contributed by atoms with Gasteiger partial charge in [0.2, 0.25) is 0 Å². The van der Waals surface area contributed by atoms with Crippen LogP contribution in [0, 0.1) is 19.7 Å². The number of aromatic nitrogens is 1. The topological polar surface area (TPSA) is 54.0 Å². The molecule has 0 radical (unpaired) electrons. The van der Waals surface area contributed by atoms with E-state index in [1.54, 1.807) is 12.1 Å². The van der Waals surface area contributed by atoms with E-state index in [0.29, 0.717) is 11.7 Å². The number of hydrogen-bond acceptors (Lipinski definition) is 3. The summed E-state index contributed by atoms with van der Waals surface area (Å²) in [6.07, 6.45) is 0. The van der Waals surface area contributed by atoms with Gasteiger partial charge in [-0.05, 0) is 48.7 Å². The standard InChI is InChI=1S/C19H18FN3OS/c1-12-3-6-15(9-13(12)2)17-11-25-19(22-17)23-18(24)21-10-14-4-7-16(20)8-5-14/h3-9,11H,10H2,1-2H3,(H2,21,22,23,24). The lowest BCUT2D eigenvalue weighted by molar-refractivity contribution is 0.251. The Morgan fingerprint density at radius 1 is 1.12 bits per heavy atom. The number of urea groups is 1. The normalized spacial score (nSPS) is 10.5. The highest BCUT2D eigenvalue weighted by Gasteiger charge is 2.08. The van der Waals surface area contributed by atoms with Crippen molar-refractivity contribution in [2.24, 2.45) is 0 Å². The molecule has 0 aliphatic rings. The maximum atomic E-state index is 12.9. The molecule has 2 aromatic carbocycles. The summed E-state index contributed by atoms with van der Waals surface area (Å²) in [6.45, 7) is 4.45. The summed E-state index contributed by atoms with van der Waals surface area (Å²) >= 11 is 1.37. The largest absolute Gasteiger partial charge is 0.334 e. The van der Waals surface area contributed by atoms with Gasteiger partial charge in [0, 0.05) is 17.5 Å². The second-order valence-corrected chi connectivity index (χ2v) is 6.63. The van der Waals surface area contributed by atoms with Crippen LogP contribution in [0.4, 0.5) is 14.3 Å². The van der Waals surface area contributed by atoms with E-state index >= 15 is 0 Å². The fraction of sp³-hybridized carbons (Fsp3) is 0.158. The van der Waals surface area contributed by atoms with Crippen LogP contribution in [0.2, 0.25) is 0 Å². The number of nitrogens with one attached hydrogen (secondary N) is 2. The summed E-state index contributed by atoms with van der Waals surface area (Å²) < 4.78 is 12.9. The maximum Gasteiger partial charge on any atom is 0.321 e. The molecular formula is C19H18FN3OS. The predicted molar refractivity (Wildman–Crippen MR) is 99.3 cm³/mol. The van der Waals surface area contributed by atoms with Crippen LogP contribution < -0.4 is 10.6 Å². The van der Waals surface area contributed by atoms with Crippen molar-refractivity contribution in [2.75, 3.05) is 5.32 Å². The first-order valence-corrected chi connectivity index (χ1v) is 8.71. The molecule has 0 unspecified atom stereocenters. The molecule has 0 aliphatic heterocycles. The zero-order valence-corrected chi connectivity index (χ0v) is 14.8. The average Bonchev–Trinajstić information content (AvgIpc) is 3.05. The molecule has 1 aromatic heterocycles. The molecule has 0 bridgehead atoms. The van der Waals surface area contributed by atoms with Gasteiger partial charge in [-0.25, -0.2) is 14.2 Å². The lowest BCUT2D eigenvalue weighted by Crippen LogP contribution is -2.28. The first kappa shape index (κ1) is 17.1. The molecule has 6 heteroatoms. The molecular weight excluding hydrogens is 337 g/mol. The van der Waals surface area contributed by atoms with Gasteiger partial charge < -0.3 is 5.32 Å². The maximum absolute atomic E-state index is 12.9. The number of carbonyl (C=O) groups excluding carboxylic acids is 1. The SMILES string of the molecule is Cc1ccc(-c2csc(NC(=O)NCc3ccc(F)cc3)n2)cc1C. The van der Waals surface area contributed by atoms with E-state index in [0.717, 1.165) is 16.8 Å². The molecule has 0 saturated carbocycles. The number of carbonyl (C=O) groups is 1. The molecule has 1 heterocycles. The Morgan fingerprint density at radius 2 is 1.88 bits per heavy atom. The van der Waals surface area contributed by atoms with Gasteiger partial charge in [0.25, 0.3) is 0 Å². The van der Waals surface area contributed by atoms with E-state index in [4.69, 9.17) is 0 Å². The van der Waals surface area contributed by atoms with E-state index in [2.05, 4.69) is 41.6 Å². The minimum atomic E-state index is -0.342. The molecule has 128 valence electrons. The molecule has 0 fully saturated rings. The van der Waals surface area contributed by atoms with Crippen LogP contribution in [-0.2, 0) is 6.54 Å². The number of benzene rings is 2. The number of rotatable bonds is 4. The second-order valence-electron chi connectivity index (χ2n) is 5.77. The zero-order valence-electron chi connectivity index (χ0n) is 14.0.